The molecule has 0 aromatic carbocycles. The molecule has 0 bridgehead atoms. The minimum atomic E-state index is -0.382. The SMILES string of the molecule is NNc1ncc(C(=O)Nc2ccc(Cl)cn2)cc1Cl. The average molecular weight is 298 g/mol. The summed E-state index contributed by atoms with van der Waals surface area (Å²) in [5.41, 5.74) is 2.61. The molecule has 0 aliphatic carbocycles. The predicted molar refractivity (Wildman–Crippen MR) is 74.3 cm³/mol. The third-order valence-corrected chi connectivity index (χ3v) is 2.72. The number of nitrogens with zero attached hydrogens (tertiary/aromatic N) is 2. The molecule has 2 aromatic heterocycles. The van der Waals surface area contributed by atoms with E-state index in [2.05, 4.69) is 20.7 Å². The van der Waals surface area contributed by atoms with E-state index in [1.54, 1.807) is 12.1 Å². The molecule has 0 aliphatic rings. The highest BCUT2D eigenvalue weighted by atomic mass is 35.5. The number of carbonyl (C=O) groups excluding carboxylic acids is 1. The van der Waals surface area contributed by atoms with E-state index in [0.717, 1.165) is 0 Å². The number of hydrazine groups is 1. The molecular formula is C11H9Cl2N5O. The highest BCUT2D eigenvalue weighted by Gasteiger charge is 2.10. The van der Waals surface area contributed by atoms with Crippen molar-refractivity contribution in [1.82, 2.24) is 9.97 Å². The van der Waals surface area contributed by atoms with E-state index >= 15 is 0 Å². The van der Waals surface area contributed by atoms with Gasteiger partial charge in [-0.1, -0.05) is 23.2 Å². The molecule has 6 nitrogen and oxygen atoms in total. The predicted octanol–water partition coefficient (Wildman–Crippen LogP) is 2.32. The first-order valence-electron chi connectivity index (χ1n) is 5.15. The van der Waals surface area contributed by atoms with Gasteiger partial charge >= 0.3 is 0 Å². The van der Waals surface area contributed by atoms with Crippen LogP contribution in [0, 0.1) is 0 Å². The van der Waals surface area contributed by atoms with Gasteiger partial charge in [0.15, 0.2) is 5.82 Å². The zero-order chi connectivity index (χ0) is 13.8. The Morgan fingerprint density at radius 1 is 1.21 bits per heavy atom. The van der Waals surface area contributed by atoms with Crippen molar-refractivity contribution in [3.05, 3.63) is 46.2 Å². The van der Waals surface area contributed by atoms with Crippen molar-refractivity contribution in [3.63, 3.8) is 0 Å². The number of hydrogen-bond donors (Lipinski definition) is 3. The molecule has 2 rings (SSSR count). The molecule has 0 fully saturated rings. The van der Waals surface area contributed by atoms with Crippen molar-refractivity contribution in [2.45, 2.75) is 0 Å². The second-order valence-electron chi connectivity index (χ2n) is 3.51. The molecule has 0 aliphatic heterocycles. The van der Waals surface area contributed by atoms with Gasteiger partial charge in [-0.3, -0.25) is 4.79 Å². The first-order valence-corrected chi connectivity index (χ1v) is 5.91. The van der Waals surface area contributed by atoms with Crippen molar-refractivity contribution in [1.29, 1.82) is 0 Å². The number of pyridine rings is 2. The van der Waals surface area contributed by atoms with Gasteiger partial charge in [-0.25, -0.2) is 15.8 Å². The van der Waals surface area contributed by atoms with Crippen molar-refractivity contribution < 1.29 is 4.79 Å². The lowest BCUT2D eigenvalue weighted by Crippen LogP contribution is -2.14. The molecule has 0 saturated heterocycles. The molecule has 0 radical (unpaired) electrons. The highest BCUT2D eigenvalue weighted by molar-refractivity contribution is 6.33. The smallest absolute Gasteiger partial charge is 0.258 e. The molecule has 0 atom stereocenters. The number of hydrogen-bond acceptors (Lipinski definition) is 5. The van der Waals surface area contributed by atoms with Gasteiger partial charge in [0.05, 0.1) is 15.6 Å². The minimum absolute atomic E-state index is 0.249. The Morgan fingerprint density at radius 2 is 2.00 bits per heavy atom. The summed E-state index contributed by atoms with van der Waals surface area (Å²) < 4.78 is 0. The van der Waals surface area contributed by atoms with Gasteiger partial charge in [0.1, 0.15) is 5.82 Å². The normalized spacial score (nSPS) is 10.1. The molecule has 1 amide bonds. The number of amides is 1. The Hall–Kier alpha value is -1.89. The molecule has 2 aromatic rings. The second kappa shape index (κ2) is 5.83. The van der Waals surface area contributed by atoms with Crippen LogP contribution in [0.25, 0.3) is 0 Å². The molecule has 98 valence electrons. The summed E-state index contributed by atoms with van der Waals surface area (Å²) in [7, 11) is 0. The van der Waals surface area contributed by atoms with Gasteiger partial charge in [0, 0.05) is 12.4 Å². The summed E-state index contributed by atoms with van der Waals surface area (Å²) in [5.74, 6) is 5.49. The van der Waals surface area contributed by atoms with Crippen LogP contribution in [0.2, 0.25) is 10.0 Å². The lowest BCUT2D eigenvalue weighted by molar-refractivity contribution is 0.102. The van der Waals surface area contributed by atoms with E-state index in [0.29, 0.717) is 22.2 Å². The van der Waals surface area contributed by atoms with Crippen LogP contribution in [-0.4, -0.2) is 15.9 Å². The summed E-state index contributed by atoms with van der Waals surface area (Å²) >= 11 is 11.6. The maximum Gasteiger partial charge on any atom is 0.258 e. The summed E-state index contributed by atoms with van der Waals surface area (Å²) in [6.07, 6.45) is 2.79. The molecule has 8 heteroatoms. The quantitative estimate of drug-likeness (QED) is 0.597. The largest absolute Gasteiger partial charge is 0.307 e. The fourth-order valence-electron chi connectivity index (χ4n) is 1.31. The molecule has 19 heavy (non-hydrogen) atoms. The van der Waals surface area contributed by atoms with Gasteiger partial charge in [-0.15, -0.1) is 0 Å². The van der Waals surface area contributed by atoms with E-state index in [9.17, 15) is 4.79 Å². The van der Waals surface area contributed by atoms with Crippen LogP contribution in [0.4, 0.5) is 11.6 Å². The second-order valence-corrected chi connectivity index (χ2v) is 4.36. The van der Waals surface area contributed by atoms with Crippen LogP contribution in [0.3, 0.4) is 0 Å². The van der Waals surface area contributed by atoms with E-state index in [1.807, 2.05) is 0 Å². The third-order valence-electron chi connectivity index (χ3n) is 2.21. The number of carbonyl (C=O) groups is 1. The standard InChI is InChI=1S/C11H9Cl2N5O/c12-7-1-2-9(15-5-7)17-11(19)6-3-8(13)10(18-14)16-4-6/h1-5H,14H2,(H,16,18)(H,15,17,19). The Labute approximate surface area is 118 Å². The Balaban J connectivity index is 2.16. The molecule has 0 unspecified atom stereocenters. The maximum atomic E-state index is 11.9. The summed E-state index contributed by atoms with van der Waals surface area (Å²) in [5, 5.41) is 3.33. The number of aromatic nitrogens is 2. The van der Waals surface area contributed by atoms with Crippen molar-refractivity contribution >= 4 is 40.7 Å². The lowest BCUT2D eigenvalue weighted by atomic mass is 10.2. The first-order chi connectivity index (χ1) is 9.10. The van der Waals surface area contributed by atoms with E-state index in [-0.39, 0.29) is 10.9 Å². The van der Waals surface area contributed by atoms with Crippen LogP contribution in [0.15, 0.2) is 30.6 Å². The average Bonchev–Trinajstić information content (AvgIpc) is 2.41. The van der Waals surface area contributed by atoms with Crippen molar-refractivity contribution in [3.8, 4) is 0 Å². The Morgan fingerprint density at radius 3 is 2.58 bits per heavy atom. The zero-order valence-corrected chi connectivity index (χ0v) is 11.0. The van der Waals surface area contributed by atoms with Crippen molar-refractivity contribution in [2.75, 3.05) is 10.7 Å². The zero-order valence-electron chi connectivity index (χ0n) is 9.52. The summed E-state index contributed by atoms with van der Waals surface area (Å²) in [6.45, 7) is 0. The van der Waals surface area contributed by atoms with Crippen LogP contribution in [0.5, 0.6) is 0 Å². The van der Waals surface area contributed by atoms with Crippen LogP contribution < -0.4 is 16.6 Å². The highest BCUT2D eigenvalue weighted by Crippen LogP contribution is 2.19. The topological polar surface area (TPSA) is 92.9 Å². The van der Waals surface area contributed by atoms with Gasteiger partial charge < -0.3 is 10.7 Å². The van der Waals surface area contributed by atoms with Gasteiger partial charge in [0.25, 0.3) is 5.91 Å². The number of nitrogens with one attached hydrogen (secondary N) is 2. The van der Waals surface area contributed by atoms with Crippen LogP contribution in [0.1, 0.15) is 10.4 Å². The van der Waals surface area contributed by atoms with E-state index in [1.165, 1.54) is 18.5 Å². The molecule has 2 heterocycles. The number of nitrogens with two attached hydrogens (primary N) is 1. The third kappa shape index (κ3) is 3.31. The maximum absolute atomic E-state index is 11.9. The molecule has 4 N–H and O–H groups in total. The summed E-state index contributed by atoms with van der Waals surface area (Å²) in [4.78, 5) is 19.8. The van der Waals surface area contributed by atoms with E-state index in [4.69, 9.17) is 29.0 Å². The Bertz CT molecular complexity index is 603. The number of rotatable bonds is 3. The minimum Gasteiger partial charge on any atom is -0.307 e. The van der Waals surface area contributed by atoms with Gasteiger partial charge in [0.2, 0.25) is 0 Å². The van der Waals surface area contributed by atoms with Gasteiger partial charge in [-0.2, -0.15) is 0 Å². The van der Waals surface area contributed by atoms with Crippen LogP contribution >= 0.6 is 23.2 Å². The monoisotopic (exact) mass is 297 g/mol. The van der Waals surface area contributed by atoms with Crippen molar-refractivity contribution in [2.24, 2.45) is 5.84 Å². The Kier molecular flexibility index (Phi) is 4.16. The van der Waals surface area contributed by atoms with Gasteiger partial charge in [-0.05, 0) is 18.2 Å². The number of anilines is 2. The molecule has 0 saturated carbocycles. The molecular weight excluding hydrogens is 289 g/mol. The number of halogens is 2. The van der Waals surface area contributed by atoms with E-state index < -0.39 is 0 Å². The lowest BCUT2D eigenvalue weighted by Gasteiger charge is -2.06. The summed E-state index contributed by atoms with van der Waals surface area (Å²) in [6, 6.07) is 4.66. The fourth-order valence-corrected chi connectivity index (χ4v) is 1.64. The number of nitrogen functional groups attached to an aromatic ring is 1. The molecule has 0 spiro atoms. The first kappa shape index (κ1) is 13.5. The van der Waals surface area contributed by atoms with Crippen LogP contribution in [-0.2, 0) is 0 Å². The fraction of sp³-hybridized carbons (Fsp3) is 0.